The molecule has 7 heteroatoms. The highest BCUT2D eigenvalue weighted by Gasteiger charge is 2.27. The number of nitrogens with one attached hydrogen (secondary N) is 1. The average Bonchev–Trinajstić information content (AvgIpc) is 3.16. The zero-order valence-electron chi connectivity index (χ0n) is 15.4. The van der Waals surface area contributed by atoms with Gasteiger partial charge in [-0.2, -0.15) is 0 Å². The van der Waals surface area contributed by atoms with E-state index in [0.29, 0.717) is 30.1 Å². The monoisotopic (exact) mass is 405 g/mol. The highest BCUT2D eigenvalue weighted by molar-refractivity contribution is 7.09. The number of carbonyl (C=O) groups is 2. The number of hydrogen-bond acceptors (Lipinski definition) is 4. The average molecular weight is 406 g/mol. The van der Waals surface area contributed by atoms with E-state index in [1.807, 2.05) is 17.9 Å². The number of hydrogen-bond donors (Lipinski definition) is 1. The summed E-state index contributed by atoms with van der Waals surface area (Å²) in [6.07, 6.45) is 3.25. The molecule has 1 aromatic heterocycles. The van der Waals surface area contributed by atoms with E-state index in [4.69, 9.17) is 16.6 Å². The number of amides is 2. The SMILES string of the molecule is CCC(=O)NCCc1csc([C@@H]2CCCN(C(=O)c3cccc(Cl)c3)C2)n1. The Morgan fingerprint density at radius 1 is 1.41 bits per heavy atom. The molecule has 0 saturated carbocycles. The van der Waals surface area contributed by atoms with Gasteiger partial charge < -0.3 is 10.2 Å². The van der Waals surface area contributed by atoms with Crippen molar-refractivity contribution in [3.8, 4) is 0 Å². The molecule has 1 atom stereocenters. The van der Waals surface area contributed by atoms with Gasteiger partial charge in [0, 0.05) is 54.4 Å². The number of thiazole rings is 1. The van der Waals surface area contributed by atoms with Crippen molar-refractivity contribution in [2.24, 2.45) is 0 Å². The van der Waals surface area contributed by atoms with E-state index >= 15 is 0 Å². The Hall–Kier alpha value is -1.92. The molecule has 1 saturated heterocycles. The van der Waals surface area contributed by atoms with Crippen LogP contribution in [0.25, 0.3) is 0 Å². The summed E-state index contributed by atoms with van der Waals surface area (Å²) >= 11 is 7.67. The summed E-state index contributed by atoms with van der Waals surface area (Å²) < 4.78 is 0. The Labute approximate surface area is 168 Å². The predicted molar refractivity (Wildman–Crippen MR) is 108 cm³/mol. The van der Waals surface area contributed by atoms with Gasteiger partial charge in [0.2, 0.25) is 5.91 Å². The highest BCUT2D eigenvalue weighted by atomic mass is 35.5. The number of benzene rings is 1. The van der Waals surface area contributed by atoms with E-state index < -0.39 is 0 Å². The molecule has 5 nitrogen and oxygen atoms in total. The van der Waals surface area contributed by atoms with E-state index in [9.17, 15) is 9.59 Å². The topological polar surface area (TPSA) is 62.3 Å². The molecule has 1 aliphatic heterocycles. The van der Waals surface area contributed by atoms with Crippen LogP contribution in [-0.2, 0) is 11.2 Å². The van der Waals surface area contributed by atoms with E-state index in [-0.39, 0.29) is 17.7 Å². The van der Waals surface area contributed by atoms with Gasteiger partial charge in [-0.15, -0.1) is 11.3 Å². The Balaban J connectivity index is 1.59. The van der Waals surface area contributed by atoms with Gasteiger partial charge in [0.25, 0.3) is 5.91 Å². The van der Waals surface area contributed by atoms with Crippen LogP contribution in [0.1, 0.15) is 53.2 Å². The lowest BCUT2D eigenvalue weighted by molar-refractivity contribution is -0.120. The molecular formula is C20H24ClN3O2S. The maximum atomic E-state index is 12.8. The maximum absolute atomic E-state index is 12.8. The zero-order chi connectivity index (χ0) is 19.2. The molecule has 2 heterocycles. The summed E-state index contributed by atoms with van der Waals surface area (Å²) in [5.41, 5.74) is 1.64. The Morgan fingerprint density at radius 3 is 3.04 bits per heavy atom. The third-order valence-corrected chi connectivity index (χ3v) is 6.01. The zero-order valence-corrected chi connectivity index (χ0v) is 17.0. The van der Waals surface area contributed by atoms with Crippen molar-refractivity contribution in [2.45, 2.75) is 38.5 Å². The van der Waals surface area contributed by atoms with Crippen LogP contribution in [0.5, 0.6) is 0 Å². The van der Waals surface area contributed by atoms with E-state index in [1.54, 1.807) is 29.5 Å². The van der Waals surface area contributed by atoms with Crippen molar-refractivity contribution >= 4 is 34.8 Å². The van der Waals surface area contributed by atoms with Crippen LogP contribution in [0.4, 0.5) is 0 Å². The van der Waals surface area contributed by atoms with Crippen LogP contribution in [0.2, 0.25) is 5.02 Å². The summed E-state index contributed by atoms with van der Waals surface area (Å²) in [5, 5.41) is 6.59. The lowest BCUT2D eigenvalue weighted by Crippen LogP contribution is -2.39. The number of piperidine rings is 1. The minimum atomic E-state index is 0.0289. The molecule has 27 heavy (non-hydrogen) atoms. The lowest BCUT2D eigenvalue weighted by Gasteiger charge is -2.32. The fourth-order valence-corrected chi connectivity index (χ4v) is 4.42. The minimum absolute atomic E-state index is 0.0289. The minimum Gasteiger partial charge on any atom is -0.356 e. The molecule has 1 fully saturated rings. The van der Waals surface area contributed by atoms with Crippen molar-refractivity contribution in [3.05, 3.63) is 50.9 Å². The number of halogens is 1. The van der Waals surface area contributed by atoms with Crippen LogP contribution in [0.3, 0.4) is 0 Å². The van der Waals surface area contributed by atoms with Gasteiger partial charge in [-0.25, -0.2) is 4.98 Å². The molecule has 144 valence electrons. The van der Waals surface area contributed by atoms with Crippen LogP contribution < -0.4 is 5.32 Å². The van der Waals surface area contributed by atoms with Gasteiger partial charge in [0.15, 0.2) is 0 Å². The molecule has 1 aromatic carbocycles. The summed E-state index contributed by atoms with van der Waals surface area (Å²) in [6, 6.07) is 7.11. The first kappa shape index (κ1) is 19.8. The number of nitrogens with zero attached hydrogens (tertiary/aromatic N) is 2. The molecule has 0 spiro atoms. The first-order valence-corrected chi connectivity index (χ1v) is 10.6. The highest BCUT2D eigenvalue weighted by Crippen LogP contribution is 2.30. The summed E-state index contributed by atoms with van der Waals surface area (Å²) in [6.45, 7) is 3.91. The molecule has 1 aliphatic rings. The van der Waals surface area contributed by atoms with Gasteiger partial charge in [-0.05, 0) is 31.0 Å². The standard InChI is InChI=1S/C20H24ClN3O2S/c1-2-18(25)22-9-8-17-13-27-19(23-17)15-6-4-10-24(12-15)20(26)14-5-3-7-16(21)11-14/h3,5,7,11,13,15H,2,4,6,8-10,12H2,1H3,(H,22,25)/t15-/m1/s1. The van der Waals surface area contributed by atoms with E-state index in [2.05, 4.69) is 10.7 Å². The Bertz CT molecular complexity index is 808. The second kappa shape index (κ2) is 9.33. The van der Waals surface area contributed by atoms with Crippen LogP contribution in [0.15, 0.2) is 29.6 Å². The first-order chi connectivity index (χ1) is 13.1. The van der Waals surface area contributed by atoms with E-state index in [0.717, 1.165) is 36.5 Å². The van der Waals surface area contributed by atoms with Crippen molar-refractivity contribution < 1.29 is 9.59 Å². The third-order valence-electron chi connectivity index (χ3n) is 4.72. The Morgan fingerprint density at radius 2 is 2.26 bits per heavy atom. The smallest absolute Gasteiger partial charge is 0.253 e. The van der Waals surface area contributed by atoms with Crippen molar-refractivity contribution in [3.63, 3.8) is 0 Å². The van der Waals surface area contributed by atoms with Crippen LogP contribution in [0, 0.1) is 0 Å². The van der Waals surface area contributed by atoms with Gasteiger partial charge in [-0.3, -0.25) is 9.59 Å². The van der Waals surface area contributed by atoms with Gasteiger partial charge >= 0.3 is 0 Å². The summed E-state index contributed by atoms with van der Waals surface area (Å²) in [7, 11) is 0. The van der Waals surface area contributed by atoms with E-state index in [1.165, 1.54) is 0 Å². The van der Waals surface area contributed by atoms with Gasteiger partial charge in [0.1, 0.15) is 0 Å². The third kappa shape index (κ3) is 5.30. The largest absolute Gasteiger partial charge is 0.356 e. The molecule has 0 radical (unpaired) electrons. The van der Waals surface area contributed by atoms with Crippen LogP contribution in [-0.4, -0.2) is 41.3 Å². The fourth-order valence-electron chi connectivity index (χ4n) is 3.25. The second-order valence-electron chi connectivity index (χ2n) is 6.73. The predicted octanol–water partition coefficient (Wildman–Crippen LogP) is 3.89. The van der Waals surface area contributed by atoms with Crippen molar-refractivity contribution in [1.82, 2.24) is 15.2 Å². The maximum Gasteiger partial charge on any atom is 0.253 e. The second-order valence-corrected chi connectivity index (χ2v) is 8.06. The molecule has 3 rings (SSSR count). The van der Waals surface area contributed by atoms with Gasteiger partial charge in [-0.1, -0.05) is 24.6 Å². The number of rotatable bonds is 6. The number of carbonyl (C=O) groups excluding carboxylic acids is 2. The summed E-state index contributed by atoms with van der Waals surface area (Å²) in [5.74, 6) is 0.361. The molecule has 1 N–H and O–H groups in total. The van der Waals surface area contributed by atoms with Crippen molar-refractivity contribution in [1.29, 1.82) is 0 Å². The van der Waals surface area contributed by atoms with Crippen LogP contribution >= 0.6 is 22.9 Å². The molecule has 2 aromatic rings. The number of aromatic nitrogens is 1. The first-order valence-electron chi connectivity index (χ1n) is 9.32. The van der Waals surface area contributed by atoms with Crippen molar-refractivity contribution in [2.75, 3.05) is 19.6 Å². The number of likely N-dealkylation sites (tertiary alicyclic amines) is 1. The summed E-state index contributed by atoms with van der Waals surface area (Å²) in [4.78, 5) is 30.7. The fraction of sp³-hybridized carbons (Fsp3) is 0.450. The molecule has 0 aliphatic carbocycles. The molecule has 0 unspecified atom stereocenters. The molecule has 0 bridgehead atoms. The Kier molecular flexibility index (Phi) is 6.85. The molecule has 2 amide bonds. The quantitative estimate of drug-likeness (QED) is 0.793. The van der Waals surface area contributed by atoms with Gasteiger partial charge in [0.05, 0.1) is 10.7 Å². The molecular weight excluding hydrogens is 382 g/mol. The normalized spacial score (nSPS) is 17.0. The lowest BCUT2D eigenvalue weighted by atomic mass is 9.98.